The number of likely N-dealkylation sites (N-methyl/N-ethyl adjacent to an activating group) is 1. The fraction of sp³-hybridized carbons (Fsp3) is 0.269. The first kappa shape index (κ1) is 25.8. The number of benzene rings is 2. The standard InChI is InChI=1S/C26H33N7O2/c1-20-6-3-7-21(16-20)30-24-18-25(29-19-28-24)31-22-8-4-9-23(17-22)32-26(34)10-5-12-33(2)13-15-35-14-11-27/h3-10,16-19H,11-15,27H2,1-2H3,(H,32,34)(H2,28,29,30,31)/b10-5+. The van der Waals surface area contributed by atoms with Gasteiger partial charge in [0.05, 0.1) is 13.2 Å². The zero-order chi connectivity index (χ0) is 24.9. The summed E-state index contributed by atoms with van der Waals surface area (Å²) in [5.74, 6) is 1.12. The van der Waals surface area contributed by atoms with Gasteiger partial charge in [-0.05, 0) is 49.9 Å². The van der Waals surface area contributed by atoms with Crippen LogP contribution in [-0.4, -0.2) is 60.7 Å². The molecule has 9 heteroatoms. The lowest BCUT2D eigenvalue weighted by atomic mass is 10.2. The summed E-state index contributed by atoms with van der Waals surface area (Å²) >= 11 is 0. The van der Waals surface area contributed by atoms with E-state index in [-0.39, 0.29) is 5.91 Å². The molecule has 1 heterocycles. The van der Waals surface area contributed by atoms with E-state index < -0.39 is 0 Å². The van der Waals surface area contributed by atoms with Gasteiger partial charge in [0.25, 0.3) is 0 Å². The molecule has 0 saturated heterocycles. The van der Waals surface area contributed by atoms with Crippen molar-refractivity contribution in [3.05, 3.63) is 78.6 Å². The van der Waals surface area contributed by atoms with Gasteiger partial charge in [0.2, 0.25) is 5.91 Å². The van der Waals surface area contributed by atoms with Crippen molar-refractivity contribution in [2.75, 3.05) is 55.8 Å². The van der Waals surface area contributed by atoms with Gasteiger partial charge in [-0.15, -0.1) is 0 Å². The Morgan fingerprint density at radius 1 is 1.00 bits per heavy atom. The van der Waals surface area contributed by atoms with Crippen LogP contribution in [0.4, 0.5) is 28.7 Å². The van der Waals surface area contributed by atoms with Crippen molar-refractivity contribution in [1.82, 2.24) is 14.9 Å². The third-order valence-electron chi connectivity index (χ3n) is 4.93. The van der Waals surface area contributed by atoms with Crippen LogP contribution < -0.4 is 21.7 Å². The molecule has 0 aliphatic heterocycles. The van der Waals surface area contributed by atoms with Gasteiger partial charge >= 0.3 is 0 Å². The number of aromatic nitrogens is 2. The Hall–Kier alpha value is -3.79. The molecule has 184 valence electrons. The maximum absolute atomic E-state index is 12.3. The number of rotatable bonds is 13. The zero-order valence-electron chi connectivity index (χ0n) is 20.2. The van der Waals surface area contributed by atoms with Gasteiger partial charge < -0.3 is 31.3 Å². The lowest BCUT2D eigenvalue weighted by Gasteiger charge is -2.14. The van der Waals surface area contributed by atoms with Crippen molar-refractivity contribution in [1.29, 1.82) is 0 Å². The summed E-state index contributed by atoms with van der Waals surface area (Å²) in [5.41, 5.74) is 9.00. The number of nitrogens with one attached hydrogen (secondary N) is 3. The van der Waals surface area contributed by atoms with Crippen molar-refractivity contribution in [2.45, 2.75) is 6.92 Å². The first-order chi connectivity index (χ1) is 17.0. The molecule has 35 heavy (non-hydrogen) atoms. The van der Waals surface area contributed by atoms with E-state index in [1.54, 1.807) is 0 Å². The molecule has 0 aliphatic carbocycles. The maximum Gasteiger partial charge on any atom is 0.248 e. The summed E-state index contributed by atoms with van der Waals surface area (Å²) < 4.78 is 5.36. The Morgan fingerprint density at radius 2 is 1.69 bits per heavy atom. The van der Waals surface area contributed by atoms with Crippen LogP contribution in [0.3, 0.4) is 0 Å². The minimum atomic E-state index is -0.193. The predicted molar refractivity (Wildman–Crippen MR) is 141 cm³/mol. The molecule has 1 aromatic heterocycles. The molecule has 0 saturated carbocycles. The van der Waals surface area contributed by atoms with E-state index in [1.165, 1.54) is 12.4 Å². The van der Waals surface area contributed by atoms with Crippen LogP contribution >= 0.6 is 0 Å². The molecule has 5 N–H and O–H groups in total. The number of carbonyl (C=O) groups excluding carboxylic acids is 1. The summed E-state index contributed by atoms with van der Waals surface area (Å²) in [6.45, 7) is 5.15. The molecule has 1 amide bonds. The van der Waals surface area contributed by atoms with Crippen LogP contribution in [0.5, 0.6) is 0 Å². The monoisotopic (exact) mass is 475 g/mol. The highest BCUT2D eigenvalue weighted by atomic mass is 16.5. The van der Waals surface area contributed by atoms with Crippen molar-refractivity contribution in [3.63, 3.8) is 0 Å². The Bertz CT molecular complexity index is 1120. The second kappa shape index (κ2) is 13.8. The minimum absolute atomic E-state index is 0.193. The van der Waals surface area contributed by atoms with Gasteiger partial charge in [0, 0.05) is 48.8 Å². The van der Waals surface area contributed by atoms with Crippen LogP contribution in [0.1, 0.15) is 5.56 Å². The summed E-state index contributed by atoms with van der Waals surface area (Å²) in [6.07, 6.45) is 4.85. The highest BCUT2D eigenvalue weighted by Gasteiger charge is 2.04. The Morgan fingerprint density at radius 3 is 2.40 bits per heavy atom. The Kier molecular flexibility index (Phi) is 10.2. The Labute approximate surface area is 206 Å². The molecule has 0 atom stereocenters. The second-order valence-electron chi connectivity index (χ2n) is 8.04. The van der Waals surface area contributed by atoms with Gasteiger partial charge in [-0.1, -0.05) is 24.3 Å². The predicted octanol–water partition coefficient (Wildman–Crippen LogP) is 3.67. The van der Waals surface area contributed by atoms with Crippen LogP contribution in [0, 0.1) is 6.92 Å². The second-order valence-corrected chi connectivity index (χ2v) is 8.04. The molecule has 0 unspecified atom stereocenters. The van der Waals surface area contributed by atoms with Crippen LogP contribution in [0.25, 0.3) is 0 Å². The maximum atomic E-state index is 12.3. The zero-order valence-corrected chi connectivity index (χ0v) is 20.2. The fourth-order valence-electron chi connectivity index (χ4n) is 3.21. The topological polar surface area (TPSA) is 117 Å². The van der Waals surface area contributed by atoms with Crippen LogP contribution in [-0.2, 0) is 9.53 Å². The van der Waals surface area contributed by atoms with Gasteiger partial charge in [0.15, 0.2) is 0 Å². The first-order valence-corrected chi connectivity index (χ1v) is 11.5. The molecule has 3 aromatic rings. The van der Waals surface area contributed by atoms with E-state index in [9.17, 15) is 4.79 Å². The normalized spacial score (nSPS) is 11.1. The first-order valence-electron chi connectivity index (χ1n) is 11.5. The molecule has 3 rings (SSSR count). The van der Waals surface area contributed by atoms with E-state index in [2.05, 4.69) is 30.8 Å². The van der Waals surface area contributed by atoms with Crippen LogP contribution in [0.2, 0.25) is 0 Å². The highest BCUT2D eigenvalue weighted by Crippen LogP contribution is 2.22. The number of aryl methyl sites for hydroxylation is 1. The molecule has 0 radical (unpaired) electrons. The summed E-state index contributed by atoms with van der Waals surface area (Å²) in [5, 5.41) is 9.42. The lowest BCUT2D eigenvalue weighted by molar-refractivity contribution is -0.111. The number of hydrogen-bond donors (Lipinski definition) is 4. The quantitative estimate of drug-likeness (QED) is 0.218. The number of nitrogens with zero attached hydrogens (tertiary/aromatic N) is 3. The smallest absolute Gasteiger partial charge is 0.248 e. The number of anilines is 5. The molecule has 9 nitrogen and oxygen atoms in total. The summed E-state index contributed by atoms with van der Waals surface area (Å²) in [7, 11) is 1.97. The van der Waals surface area contributed by atoms with Crippen LogP contribution in [0.15, 0.2) is 73.1 Å². The van der Waals surface area contributed by atoms with Gasteiger partial charge in [-0.25, -0.2) is 9.97 Å². The molecule has 0 aliphatic rings. The Balaban J connectivity index is 1.51. The number of ether oxygens (including phenoxy) is 1. The molecule has 0 fully saturated rings. The molecule has 0 bridgehead atoms. The highest BCUT2D eigenvalue weighted by molar-refractivity contribution is 5.99. The number of carbonyl (C=O) groups is 1. The number of amides is 1. The largest absolute Gasteiger partial charge is 0.379 e. The molecular weight excluding hydrogens is 442 g/mol. The average Bonchev–Trinajstić information content (AvgIpc) is 2.82. The van der Waals surface area contributed by atoms with Crippen molar-refractivity contribution < 1.29 is 9.53 Å². The van der Waals surface area contributed by atoms with E-state index in [4.69, 9.17) is 10.5 Å². The lowest BCUT2D eigenvalue weighted by Crippen LogP contribution is -2.24. The van der Waals surface area contributed by atoms with E-state index in [0.717, 1.165) is 23.5 Å². The minimum Gasteiger partial charge on any atom is -0.379 e. The summed E-state index contributed by atoms with van der Waals surface area (Å²) in [4.78, 5) is 22.9. The van der Waals surface area contributed by atoms with E-state index >= 15 is 0 Å². The molecule has 2 aromatic carbocycles. The third-order valence-corrected chi connectivity index (χ3v) is 4.93. The van der Waals surface area contributed by atoms with E-state index in [0.29, 0.717) is 43.6 Å². The summed E-state index contributed by atoms with van der Waals surface area (Å²) in [6, 6.07) is 17.3. The number of nitrogens with two attached hydrogens (primary N) is 1. The van der Waals surface area contributed by atoms with Crippen molar-refractivity contribution in [3.8, 4) is 0 Å². The molecular formula is C26H33N7O2. The van der Waals surface area contributed by atoms with Gasteiger partial charge in [-0.3, -0.25) is 4.79 Å². The van der Waals surface area contributed by atoms with Crippen molar-refractivity contribution in [2.24, 2.45) is 5.73 Å². The fourth-order valence-corrected chi connectivity index (χ4v) is 3.21. The van der Waals surface area contributed by atoms with Crippen molar-refractivity contribution >= 4 is 34.6 Å². The number of hydrogen-bond acceptors (Lipinski definition) is 8. The van der Waals surface area contributed by atoms with Gasteiger partial charge in [-0.2, -0.15) is 0 Å². The average molecular weight is 476 g/mol. The van der Waals surface area contributed by atoms with E-state index in [1.807, 2.05) is 74.6 Å². The van der Waals surface area contributed by atoms with Gasteiger partial charge in [0.1, 0.15) is 18.0 Å². The molecule has 0 spiro atoms. The third kappa shape index (κ3) is 9.54. The SMILES string of the molecule is Cc1cccc(Nc2cc(Nc3cccc(NC(=O)/C=C/CN(C)CCOCCN)c3)ncn2)c1.